The van der Waals surface area contributed by atoms with Gasteiger partial charge in [0.1, 0.15) is 5.75 Å². The Morgan fingerprint density at radius 3 is 2.68 bits per heavy atom. The second kappa shape index (κ2) is 9.07. The van der Waals surface area contributed by atoms with Gasteiger partial charge in [0.05, 0.1) is 12.6 Å². The van der Waals surface area contributed by atoms with E-state index in [0.717, 1.165) is 18.6 Å². The van der Waals surface area contributed by atoms with Crippen molar-refractivity contribution < 1.29 is 9.53 Å². The molecular weight excluding hydrogens is 340 g/mol. The number of ether oxygens (including phenoxy) is 1. The highest BCUT2D eigenvalue weighted by Crippen LogP contribution is 2.14. The normalized spacial score (nSPS) is 11.6. The molecule has 25 heavy (non-hydrogen) atoms. The Kier molecular flexibility index (Phi) is 6.81. The van der Waals surface area contributed by atoms with Crippen LogP contribution < -0.4 is 15.4 Å². The lowest BCUT2D eigenvalue weighted by molar-refractivity contribution is 0.0977. The fourth-order valence-corrected chi connectivity index (χ4v) is 2.08. The van der Waals surface area contributed by atoms with Crippen molar-refractivity contribution in [1.29, 1.82) is 0 Å². The summed E-state index contributed by atoms with van der Waals surface area (Å²) in [6.07, 6.45) is 1.94. The molecule has 1 unspecified atom stereocenters. The predicted octanol–water partition coefficient (Wildman–Crippen LogP) is 2.39. The van der Waals surface area contributed by atoms with Gasteiger partial charge in [-0.05, 0) is 61.5 Å². The van der Waals surface area contributed by atoms with Gasteiger partial charge in [-0.2, -0.15) is 4.80 Å². The monoisotopic (exact) mass is 362 g/mol. The summed E-state index contributed by atoms with van der Waals surface area (Å²) >= 11 is 5.10. The smallest absolute Gasteiger partial charge is 0.269 e. The van der Waals surface area contributed by atoms with Crippen LogP contribution in [0.5, 0.6) is 5.75 Å². The summed E-state index contributed by atoms with van der Waals surface area (Å²) in [5.41, 5.74) is 0.475. The van der Waals surface area contributed by atoms with Crippen LogP contribution in [-0.4, -0.2) is 37.3 Å². The number of carbonyl (C=O) groups excluding carboxylic acids is 1. The number of amides is 1. The number of nitrogens with one attached hydrogen (secondary N) is 2. The van der Waals surface area contributed by atoms with Crippen molar-refractivity contribution in [3.05, 3.63) is 29.8 Å². The number of thiocarbonyl (C=S) groups is 1. The van der Waals surface area contributed by atoms with Gasteiger partial charge in [-0.3, -0.25) is 15.4 Å². The van der Waals surface area contributed by atoms with Crippen LogP contribution in [0.4, 0.5) is 5.95 Å². The molecule has 2 rings (SSSR count). The van der Waals surface area contributed by atoms with Crippen LogP contribution in [0.3, 0.4) is 0 Å². The molecule has 134 valence electrons. The van der Waals surface area contributed by atoms with Crippen molar-refractivity contribution in [3.63, 3.8) is 0 Å². The van der Waals surface area contributed by atoms with Gasteiger partial charge in [0.15, 0.2) is 5.11 Å². The Bertz CT molecular complexity index is 716. The molecule has 1 aromatic carbocycles. The number of rotatable bonds is 7. The van der Waals surface area contributed by atoms with E-state index in [-0.39, 0.29) is 23.1 Å². The van der Waals surface area contributed by atoms with Gasteiger partial charge in [0, 0.05) is 5.56 Å². The van der Waals surface area contributed by atoms with Crippen LogP contribution in [0, 0.1) is 0 Å². The minimum Gasteiger partial charge on any atom is -0.491 e. The van der Waals surface area contributed by atoms with E-state index in [2.05, 4.69) is 33.0 Å². The zero-order valence-electron chi connectivity index (χ0n) is 14.5. The quantitative estimate of drug-likeness (QED) is 0.730. The largest absolute Gasteiger partial charge is 0.491 e. The van der Waals surface area contributed by atoms with Crippen LogP contribution in [0.25, 0.3) is 0 Å². The topological polar surface area (TPSA) is 94.0 Å². The van der Waals surface area contributed by atoms with E-state index >= 15 is 0 Å². The fourth-order valence-electron chi connectivity index (χ4n) is 1.90. The van der Waals surface area contributed by atoms with Crippen molar-refractivity contribution in [1.82, 2.24) is 25.5 Å². The predicted molar refractivity (Wildman–Crippen MR) is 98.6 cm³/mol. The molecule has 0 saturated heterocycles. The molecule has 2 aromatic rings. The van der Waals surface area contributed by atoms with E-state index in [0.29, 0.717) is 12.1 Å². The molecule has 0 radical (unpaired) electrons. The first kappa shape index (κ1) is 18.8. The third-order valence-corrected chi connectivity index (χ3v) is 3.56. The van der Waals surface area contributed by atoms with Crippen LogP contribution in [-0.2, 0) is 6.54 Å². The van der Waals surface area contributed by atoms with E-state index in [9.17, 15) is 4.79 Å². The van der Waals surface area contributed by atoms with E-state index < -0.39 is 0 Å². The molecule has 0 aliphatic carbocycles. The van der Waals surface area contributed by atoms with E-state index in [4.69, 9.17) is 17.0 Å². The highest BCUT2D eigenvalue weighted by atomic mass is 32.1. The van der Waals surface area contributed by atoms with Gasteiger partial charge in [-0.1, -0.05) is 18.9 Å². The summed E-state index contributed by atoms with van der Waals surface area (Å²) in [5.74, 6) is 0.646. The molecule has 0 fully saturated rings. The van der Waals surface area contributed by atoms with E-state index in [1.165, 1.54) is 4.80 Å². The summed E-state index contributed by atoms with van der Waals surface area (Å²) in [4.78, 5) is 13.7. The zero-order valence-corrected chi connectivity index (χ0v) is 15.3. The molecule has 0 saturated carbocycles. The van der Waals surface area contributed by atoms with Gasteiger partial charge >= 0.3 is 0 Å². The standard InChI is InChI=1S/C16H22N6O2S/c1-4-10-22-20-15(19-21-22)18-16(25)17-14(23)12-6-8-13(9-7-12)24-11(3)5-2/h6-9,11H,4-5,10H2,1-3H3,(H2,17,18,20,23,25). The minimum atomic E-state index is -0.325. The maximum Gasteiger partial charge on any atom is 0.269 e. The number of anilines is 1. The number of tetrazole rings is 1. The molecule has 9 heteroatoms. The van der Waals surface area contributed by atoms with E-state index in [1.807, 2.05) is 13.8 Å². The first-order valence-corrected chi connectivity index (χ1v) is 8.59. The van der Waals surface area contributed by atoms with Crippen LogP contribution in [0.15, 0.2) is 24.3 Å². The van der Waals surface area contributed by atoms with Gasteiger partial charge in [0.25, 0.3) is 11.9 Å². The van der Waals surface area contributed by atoms with Gasteiger partial charge in [-0.15, -0.1) is 5.10 Å². The number of nitrogens with zero attached hydrogens (tertiary/aromatic N) is 4. The fraction of sp³-hybridized carbons (Fsp3) is 0.438. The summed E-state index contributed by atoms with van der Waals surface area (Å²) < 4.78 is 5.68. The van der Waals surface area contributed by atoms with Crippen molar-refractivity contribution in [2.45, 2.75) is 46.3 Å². The molecule has 0 aliphatic heterocycles. The Balaban J connectivity index is 1.88. The van der Waals surface area contributed by atoms with Crippen molar-refractivity contribution in [2.75, 3.05) is 5.32 Å². The maximum atomic E-state index is 12.2. The molecule has 1 heterocycles. The Labute approximate surface area is 151 Å². The average Bonchev–Trinajstić information content (AvgIpc) is 3.02. The van der Waals surface area contributed by atoms with E-state index in [1.54, 1.807) is 24.3 Å². The van der Waals surface area contributed by atoms with Crippen LogP contribution in [0.1, 0.15) is 44.0 Å². The Morgan fingerprint density at radius 2 is 2.04 bits per heavy atom. The third kappa shape index (κ3) is 5.79. The molecule has 1 aromatic heterocycles. The number of carbonyl (C=O) groups is 1. The second-order valence-corrected chi connectivity index (χ2v) is 5.89. The summed E-state index contributed by atoms with van der Waals surface area (Å²) in [7, 11) is 0. The Morgan fingerprint density at radius 1 is 1.32 bits per heavy atom. The number of benzene rings is 1. The highest BCUT2D eigenvalue weighted by molar-refractivity contribution is 7.80. The SMILES string of the molecule is CCCn1nnc(NC(=S)NC(=O)c2ccc(OC(C)CC)cc2)n1. The molecule has 8 nitrogen and oxygen atoms in total. The van der Waals surface area contributed by atoms with Gasteiger partial charge in [0.2, 0.25) is 0 Å². The average molecular weight is 362 g/mol. The van der Waals surface area contributed by atoms with Gasteiger partial charge in [-0.25, -0.2) is 0 Å². The number of aryl methyl sites for hydroxylation is 1. The van der Waals surface area contributed by atoms with Crippen molar-refractivity contribution >= 4 is 29.2 Å². The minimum absolute atomic E-state index is 0.112. The highest BCUT2D eigenvalue weighted by Gasteiger charge is 2.11. The number of aromatic nitrogens is 4. The Hall–Kier alpha value is -2.55. The summed E-state index contributed by atoms with van der Waals surface area (Å²) in [5, 5.41) is 17.2. The van der Waals surface area contributed by atoms with Crippen LogP contribution >= 0.6 is 12.2 Å². The van der Waals surface area contributed by atoms with Gasteiger partial charge < -0.3 is 4.74 Å². The summed E-state index contributed by atoms with van der Waals surface area (Å²) in [6.45, 7) is 6.73. The molecule has 1 amide bonds. The lowest BCUT2D eigenvalue weighted by Gasteiger charge is -2.12. The van der Waals surface area contributed by atoms with Crippen molar-refractivity contribution in [3.8, 4) is 5.75 Å². The molecule has 0 spiro atoms. The molecule has 1 atom stereocenters. The number of hydrogen-bond donors (Lipinski definition) is 2. The zero-order chi connectivity index (χ0) is 18.2. The third-order valence-electron chi connectivity index (χ3n) is 3.36. The molecular formula is C16H22N6O2S. The van der Waals surface area contributed by atoms with Crippen molar-refractivity contribution in [2.24, 2.45) is 0 Å². The first-order chi connectivity index (χ1) is 12.0. The lowest BCUT2D eigenvalue weighted by Crippen LogP contribution is -2.34. The first-order valence-electron chi connectivity index (χ1n) is 8.18. The molecule has 0 bridgehead atoms. The molecule has 0 aliphatic rings. The number of hydrogen-bond acceptors (Lipinski definition) is 6. The lowest BCUT2D eigenvalue weighted by atomic mass is 10.2. The second-order valence-electron chi connectivity index (χ2n) is 5.48. The van der Waals surface area contributed by atoms with Crippen LogP contribution in [0.2, 0.25) is 0 Å². The summed E-state index contributed by atoms with van der Waals surface area (Å²) in [6, 6.07) is 6.89. The molecule has 2 N–H and O–H groups in total. The maximum absolute atomic E-state index is 12.2.